The van der Waals surface area contributed by atoms with E-state index in [2.05, 4.69) is 29.2 Å². The van der Waals surface area contributed by atoms with Gasteiger partial charge in [-0.15, -0.1) is 0 Å². The molecule has 0 aromatic heterocycles. The summed E-state index contributed by atoms with van der Waals surface area (Å²) in [5, 5.41) is 0. The number of nitrogens with two attached hydrogens (primary N) is 1. The van der Waals surface area contributed by atoms with Gasteiger partial charge in [0, 0.05) is 37.8 Å². The van der Waals surface area contributed by atoms with Crippen LogP contribution in [0, 0.1) is 5.92 Å². The first-order chi connectivity index (χ1) is 8.22. The smallest absolute Gasteiger partial charge is 0.0508 e. The first kappa shape index (κ1) is 12.4. The van der Waals surface area contributed by atoms with Crippen molar-refractivity contribution in [1.82, 2.24) is 0 Å². The van der Waals surface area contributed by atoms with Crippen LogP contribution in [-0.2, 0) is 4.74 Å². The Kier molecular flexibility index (Phi) is 4.02. The van der Waals surface area contributed by atoms with Gasteiger partial charge in [0.1, 0.15) is 0 Å². The molecule has 2 atom stereocenters. The zero-order valence-corrected chi connectivity index (χ0v) is 10.7. The number of hydrogen-bond acceptors (Lipinski definition) is 3. The third-order valence-electron chi connectivity index (χ3n) is 3.46. The van der Waals surface area contributed by atoms with Gasteiger partial charge in [-0.05, 0) is 25.0 Å². The molecular weight excluding hydrogens is 212 g/mol. The topological polar surface area (TPSA) is 38.5 Å². The molecule has 2 N–H and O–H groups in total. The molecule has 1 aromatic rings. The molecule has 1 aromatic carbocycles. The van der Waals surface area contributed by atoms with Crippen molar-refractivity contribution in [3.63, 3.8) is 0 Å². The molecule has 0 aliphatic carbocycles. The summed E-state index contributed by atoms with van der Waals surface area (Å²) >= 11 is 0. The number of anilines is 1. The van der Waals surface area contributed by atoms with Crippen LogP contribution in [0.4, 0.5) is 5.69 Å². The molecule has 2 unspecified atom stereocenters. The average Bonchev–Trinajstić information content (AvgIpc) is 2.78. The third-order valence-corrected chi connectivity index (χ3v) is 3.46. The van der Waals surface area contributed by atoms with Gasteiger partial charge in [0.05, 0.1) is 6.61 Å². The molecular formula is C14H22N2O. The molecule has 0 bridgehead atoms. The maximum absolute atomic E-state index is 6.02. The molecule has 1 heterocycles. The molecule has 1 aliphatic rings. The summed E-state index contributed by atoms with van der Waals surface area (Å²) in [7, 11) is 1.78. The van der Waals surface area contributed by atoms with Gasteiger partial charge in [0.25, 0.3) is 0 Å². The highest BCUT2D eigenvalue weighted by Gasteiger charge is 2.24. The van der Waals surface area contributed by atoms with Crippen molar-refractivity contribution in [3.05, 3.63) is 29.8 Å². The minimum absolute atomic E-state index is 0.0904. The van der Waals surface area contributed by atoms with E-state index in [1.54, 1.807) is 7.11 Å². The molecule has 0 amide bonds. The Morgan fingerprint density at radius 2 is 2.24 bits per heavy atom. The normalized spacial score (nSPS) is 21.8. The fraction of sp³-hybridized carbons (Fsp3) is 0.571. The Bertz CT molecular complexity index is 365. The number of para-hydroxylation sites is 1. The van der Waals surface area contributed by atoms with Crippen molar-refractivity contribution >= 4 is 5.69 Å². The van der Waals surface area contributed by atoms with Crippen molar-refractivity contribution in [2.45, 2.75) is 19.4 Å². The van der Waals surface area contributed by atoms with Gasteiger partial charge in [-0.1, -0.05) is 18.2 Å². The second-order valence-corrected chi connectivity index (χ2v) is 4.90. The minimum atomic E-state index is 0.0904. The van der Waals surface area contributed by atoms with Crippen molar-refractivity contribution in [2.75, 3.05) is 31.7 Å². The summed E-state index contributed by atoms with van der Waals surface area (Å²) in [4.78, 5) is 2.43. The Hall–Kier alpha value is -1.06. The maximum Gasteiger partial charge on any atom is 0.0508 e. The predicted molar refractivity (Wildman–Crippen MR) is 71.2 cm³/mol. The Balaban J connectivity index is 2.13. The van der Waals surface area contributed by atoms with Crippen LogP contribution in [0.1, 0.15) is 24.9 Å². The monoisotopic (exact) mass is 234 g/mol. The minimum Gasteiger partial charge on any atom is -0.384 e. The summed E-state index contributed by atoms with van der Waals surface area (Å²) in [5.41, 5.74) is 8.56. The summed E-state index contributed by atoms with van der Waals surface area (Å²) in [6.45, 7) is 5.09. The van der Waals surface area contributed by atoms with Crippen molar-refractivity contribution in [2.24, 2.45) is 11.7 Å². The fourth-order valence-electron chi connectivity index (χ4n) is 2.58. The molecule has 1 saturated heterocycles. The van der Waals surface area contributed by atoms with E-state index >= 15 is 0 Å². The zero-order chi connectivity index (χ0) is 12.3. The van der Waals surface area contributed by atoms with E-state index < -0.39 is 0 Å². The maximum atomic E-state index is 6.02. The Labute approximate surface area is 104 Å². The molecule has 1 fully saturated rings. The SMILES string of the molecule is COCC1CCN(c2ccccc2C(C)N)C1. The van der Waals surface area contributed by atoms with Gasteiger partial charge >= 0.3 is 0 Å². The van der Waals surface area contributed by atoms with Crippen LogP contribution < -0.4 is 10.6 Å². The number of ether oxygens (including phenoxy) is 1. The lowest BCUT2D eigenvalue weighted by atomic mass is 10.1. The van der Waals surface area contributed by atoms with Crippen molar-refractivity contribution in [3.8, 4) is 0 Å². The van der Waals surface area contributed by atoms with E-state index in [-0.39, 0.29) is 6.04 Å². The number of hydrogen-bond donors (Lipinski definition) is 1. The van der Waals surface area contributed by atoms with Crippen LogP contribution in [0.5, 0.6) is 0 Å². The largest absolute Gasteiger partial charge is 0.384 e. The molecule has 1 aliphatic heterocycles. The van der Waals surface area contributed by atoms with Crippen LogP contribution in [0.15, 0.2) is 24.3 Å². The van der Waals surface area contributed by atoms with Crippen LogP contribution in [0.3, 0.4) is 0 Å². The van der Waals surface area contributed by atoms with Crippen LogP contribution in [0.2, 0.25) is 0 Å². The van der Waals surface area contributed by atoms with Gasteiger partial charge in [-0.2, -0.15) is 0 Å². The average molecular weight is 234 g/mol. The van der Waals surface area contributed by atoms with E-state index in [1.807, 2.05) is 6.92 Å². The standard InChI is InChI=1S/C14H22N2O/c1-11(15)13-5-3-4-6-14(13)16-8-7-12(9-16)10-17-2/h3-6,11-12H,7-10,15H2,1-2H3. The lowest BCUT2D eigenvalue weighted by Gasteiger charge is -2.23. The summed E-state index contributed by atoms with van der Waals surface area (Å²) < 4.78 is 5.24. The zero-order valence-electron chi connectivity index (χ0n) is 10.7. The number of benzene rings is 1. The van der Waals surface area contributed by atoms with E-state index in [0.717, 1.165) is 19.7 Å². The summed E-state index contributed by atoms with van der Waals surface area (Å²) in [6, 6.07) is 8.54. The Morgan fingerprint density at radius 1 is 1.47 bits per heavy atom. The number of nitrogens with zero attached hydrogens (tertiary/aromatic N) is 1. The van der Waals surface area contributed by atoms with Crippen LogP contribution >= 0.6 is 0 Å². The van der Waals surface area contributed by atoms with Gasteiger partial charge < -0.3 is 15.4 Å². The Morgan fingerprint density at radius 3 is 2.94 bits per heavy atom. The lowest BCUT2D eigenvalue weighted by Crippen LogP contribution is -2.23. The number of rotatable bonds is 4. The van der Waals surface area contributed by atoms with Gasteiger partial charge in [0.15, 0.2) is 0 Å². The fourth-order valence-corrected chi connectivity index (χ4v) is 2.58. The third kappa shape index (κ3) is 2.79. The van der Waals surface area contributed by atoms with Crippen LogP contribution in [-0.4, -0.2) is 26.8 Å². The van der Waals surface area contributed by atoms with E-state index in [1.165, 1.54) is 17.7 Å². The number of methoxy groups -OCH3 is 1. The summed E-state index contributed by atoms with van der Waals surface area (Å²) in [6.07, 6.45) is 1.21. The highest BCUT2D eigenvalue weighted by atomic mass is 16.5. The predicted octanol–water partition coefficient (Wildman–Crippen LogP) is 2.18. The molecule has 17 heavy (non-hydrogen) atoms. The van der Waals surface area contributed by atoms with Gasteiger partial charge in [0.2, 0.25) is 0 Å². The second kappa shape index (κ2) is 5.52. The highest BCUT2D eigenvalue weighted by molar-refractivity contribution is 5.55. The molecule has 2 rings (SSSR count). The molecule has 94 valence electrons. The molecule has 0 radical (unpaired) electrons. The van der Waals surface area contributed by atoms with Crippen molar-refractivity contribution < 1.29 is 4.74 Å². The quantitative estimate of drug-likeness (QED) is 0.868. The molecule has 3 heteroatoms. The molecule has 0 saturated carbocycles. The van der Waals surface area contributed by atoms with Crippen molar-refractivity contribution in [1.29, 1.82) is 0 Å². The first-order valence-electron chi connectivity index (χ1n) is 6.30. The van der Waals surface area contributed by atoms with E-state index in [9.17, 15) is 0 Å². The molecule has 3 nitrogen and oxygen atoms in total. The highest BCUT2D eigenvalue weighted by Crippen LogP contribution is 2.29. The van der Waals surface area contributed by atoms with E-state index in [0.29, 0.717) is 5.92 Å². The second-order valence-electron chi connectivity index (χ2n) is 4.90. The lowest BCUT2D eigenvalue weighted by molar-refractivity contribution is 0.161. The van der Waals surface area contributed by atoms with Crippen LogP contribution in [0.25, 0.3) is 0 Å². The molecule has 0 spiro atoms. The summed E-state index contributed by atoms with van der Waals surface area (Å²) in [5.74, 6) is 0.654. The van der Waals surface area contributed by atoms with Gasteiger partial charge in [-0.3, -0.25) is 0 Å². The van der Waals surface area contributed by atoms with E-state index in [4.69, 9.17) is 10.5 Å². The first-order valence-corrected chi connectivity index (χ1v) is 6.30. The van der Waals surface area contributed by atoms with Gasteiger partial charge in [-0.25, -0.2) is 0 Å².